The van der Waals surface area contributed by atoms with Gasteiger partial charge in [-0.05, 0) is 5.57 Å². The van der Waals surface area contributed by atoms with Crippen molar-refractivity contribution in [3.63, 3.8) is 0 Å². The van der Waals surface area contributed by atoms with Crippen LogP contribution in [0.25, 0.3) is 0 Å². The zero-order chi connectivity index (χ0) is 7.40. The van der Waals surface area contributed by atoms with Crippen molar-refractivity contribution >= 4 is 6.21 Å². The van der Waals surface area contributed by atoms with Gasteiger partial charge in [-0.1, -0.05) is 13.8 Å². The Morgan fingerprint density at radius 2 is 2.50 bits per heavy atom. The van der Waals surface area contributed by atoms with Gasteiger partial charge in [-0.3, -0.25) is 4.99 Å². The molecule has 2 heteroatoms. The molecule has 10 heavy (non-hydrogen) atoms. The van der Waals surface area contributed by atoms with Crippen LogP contribution >= 0.6 is 0 Å². The molecule has 1 heterocycles. The lowest BCUT2D eigenvalue weighted by atomic mass is 10.2. The lowest BCUT2D eigenvalue weighted by Gasteiger charge is -2.06. The van der Waals surface area contributed by atoms with Crippen LogP contribution in [-0.4, -0.2) is 18.8 Å². The maximum atomic E-state index is 4.02. The van der Waals surface area contributed by atoms with Crippen molar-refractivity contribution in [3.8, 4) is 0 Å². The average molecular weight is 138 g/mol. The van der Waals surface area contributed by atoms with E-state index in [0.717, 1.165) is 13.0 Å². The Hall–Kier alpha value is -0.630. The molecule has 1 aliphatic rings. The standard InChI is InChI=1S/C8H14N2/c1-7(2)10-6-8-3-4-9-5-8/h4-5,7,10H,3,6H2,1-2H3. The van der Waals surface area contributed by atoms with Crippen molar-refractivity contribution in [2.45, 2.75) is 26.3 Å². The Morgan fingerprint density at radius 3 is 3.00 bits per heavy atom. The molecule has 56 valence electrons. The van der Waals surface area contributed by atoms with Crippen molar-refractivity contribution in [1.29, 1.82) is 0 Å². The molecule has 0 aromatic heterocycles. The molecule has 1 N–H and O–H groups in total. The second-order valence-corrected chi connectivity index (χ2v) is 2.86. The van der Waals surface area contributed by atoms with E-state index in [9.17, 15) is 0 Å². The maximum absolute atomic E-state index is 4.02. The predicted octanol–water partition coefficient (Wildman–Crippen LogP) is 1.34. The summed E-state index contributed by atoms with van der Waals surface area (Å²) in [5.74, 6) is 0. The molecule has 0 spiro atoms. The van der Waals surface area contributed by atoms with Crippen molar-refractivity contribution in [2.75, 3.05) is 6.54 Å². The van der Waals surface area contributed by atoms with Crippen LogP contribution in [0.15, 0.2) is 16.8 Å². The second-order valence-electron chi connectivity index (χ2n) is 2.86. The van der Waals surface area contributed by atoms with Crippen LogP contribution in [-0.2, 0) is 0 Å². The number of hydrogen-bond donors (Lipinski definition) is 1. The zero-order valence-electron chi connectivity index (χ0n) is 6.59. The van der Waals surface area contributed by atoms with E-state index in [-0.39, 0.29) is 0 Å². The predicted molar refractivity (Wildman–Crippen MR) is 44.3 cm³/mol. The molecule has 0 aromatic rings. The molecule has 0 aliphatic carbocycles. The molecular formula is C8H14N2. The third-order valence-corrected chi connectivity index (χ3v) is 1.45. The summed E-state index contributed by atoms with van der Waals surface area (Å²) in [6.07, 6.45) is 4.91. The highest BCUT2D eigenvalue weighted by molar-refractivity contribution is 5.65. The first-order valence-electron chi connectivity index (χ1n) is 3.72. The van der Waals surface area contributed by atoms with Crippen LogP contribution in [0.2, 0.25) is 0 Å². The van der Waals surface area contributed by atoms with Crippen molar-refractivity contribution in [1.82, 2.24) is 5.32 Å². The third kappa shape index (κ3) is 2.31. The Kier molecular flexibility index (Phi) is 2.63. The molecule has 2 nitrogen and oxygen atoms in total. The van der Waals surface area contributed by atoms with Crippen molar-refractivity contribution in [3.05, 3.63) is 11.8 Å². The lowest BCUT2D eigenvalue weighted by Crippen LogP contribution is -2.24. The molecule has 0 atom stereocenters. The molecule has 0 bridgehead atoms. The molecule has 0 saturated carbocycles. The summed E-state index contributed by atoms with van der Waals surface area (Å²) in [6, 6.07) is 0.571. The number of hydrogen-bond acceptors (Lipinski definition) is 2. The van der Waals surface area contributed by atoms with Gasteiger partial charge in [0.2, 0.25) is 0 Å². The minimum Gasteiger partial charge on any atom is -0.311 e. The summed E-state index contributed by atoms with van der Waals surface area (Å²) < 4.78 is 0. The van der Waals surface area contributed by atoms with Gasteiger partial charge in [0.15, 0.2) is 0 Å². The van der Waals surface area contributed by atoms with E-state index in [1.807, 2.05) is 12.4 Å². The Balaban J connectivity index is 2.15. The first-order chi connectivity index (χ1) is 4.79. The molecule has 1 rings (SSSR count). The largest absolute Gasteiger partial charge is 0.311 e. The fourth-order valence-corrected chi connectivity index (χ4v) is 0.834. The molecule has 0 fully saturated rings. The summed E-state index contributed by atoms with van der Waals surface area (Å²) in [6.45, 7) is 5.28. The Labute approximate surface area is 62.0 Å². The van der Waals surface area contributed by atoms with Gasteiger partial charge >= 0.3 is 0 Å². The fraction of sp³-hybridized carbons (Fsp3) is 0.625. The van der Waals surface area contributed by atoms with E-state index < -0.39 is 0 Å². The summed E-state index contributed by atoms with van der Waals surface area (Å²) in [4.78, 5) is 4.02. The van der Waals surface area contributed by atoms with Crippen LogP contribution in [0, 0.1) is 0 Å². The van der Waals surface area contributed by atoms with Crippen LogP contribution < -0.4 is 5.32 Å². The molecular weight excluding hydrogens is 124 g/mol. The first-order valence-corrected chi connectivity index (χ1v) is 3.72. The summed E-state index contributed by atoms with van der Waals surface area (Å²) in [7, 11) is 0. The average Bonchev–Trinajstić information content (AvgIpc) is 2.34. The van der Waals surface area contributed by atoms with Gasteiger partial charge in [0.1, 0.15) is 0 Å². The normalized spacial score (nSPS) is 16.5. The van der Waals surface area contributed by atoms with E-state index in [0.29, 0.717) is 6.04 Å². The van der Waals surface area contributed by atoms with Crippen LogP contribution in [0.4, 0.5) is 0 Å². The fourth-order valence-electron chi connectivity index (χ4n) is 0.834. The monoisotopic (exact) mass is 138 g/mol. The van der Waals surface area contributed by atoms with Gasteiger partial charge in [0.25, 0.3) is 0 Å². The number of rotatable bonds is 3. The molecule has 0 radical (unpaired) electrons. The summed E-state index contributed by atoms with van der Waals surface area (Å²) >= 11 is 0. The highest BCUT2D eigenvalue weighted by Gasteiger charge is 1.99. The van der Waals surface area contributed by atoms with Crippen LogP contribution in [0.5, 0.6) is 0 Å². The van der Waals surface area contributed by atoms with E-state index in [1.165, 1.54) is 5.57 Å². The maximum Gasteiger partial charge on any atom is 0.0272 e. The lowest BCUT2D eigenvalue weighted by molar-refractivity contribution is 0.620. The molecule has 0 saturated heterocycles. The van der Waals surface area contributed by atoms with Crippen molar-refractivity contribution in [2.24, 2.45) is 4.99 Å². The van der Waals surface area contributed by atoms with E-state index in [1.54, 1.807) is 0 Å². The van der Waals surface area contributed by atoms with Crippen LogP contribution in [0.3, 0.4) is 0 Å². The quantitative estimate of drug-likeness (QED) is 0.625. The van der Waals surface area contributed by atoms with Gasteiger partial charge in [-0.25, -0.2) is 0 Å². The zero-order valence-corrected chi connectivity index (χ0v) is 6.59. The van der Waals surface area contributed by atoms with Crippen molar-refractivity contribution < 1.29 is 0 Å². The van der Waals surface area contributed by atoms with Gasteiger partial charge in [-0.2, -0.15) is 0 Å². The second kappa shape index (κ2) is 3.52. The Bertz CT molecular complexity index is 157. The van der Waals surface area contributed by atoms with Gasteiger partial charge in [0, 0.05) is 31.4 Å². The van der Waals surface area contributed by atoms with Crippen LogP contribution in [0.1, 0.15) is 20.3 Å². The van der Waals surface area contributed by atoms with E-state index in [2.05, 4.69) is 24.2 Å². The smallest absolute Gasteiger partial charge is 0.0272 e. The summed E-state index contributed by atoms with van der Waals surface area (Å²) in [5, 5.41) is 3.34. The first kappa shape index (κ1) is 7.48. The molecule has 0 unspecified atom stereocenters. The van der Waals surface area contributed by atoms with E-state index in [4.69, 9.17) is 0 Å². The number of nitrogens with zero attached hydrogens (tertiary/aromatic N) is 1. The molecule has 1 aliphatic heterocycles. The minimum atomic E-state index is 0.571. The van der Waals surface area contributed by atoms with E-state index >= 15 is 0 Å². The number of nitrogens with one attached hydrogen (secondary N) is 1. The summed E-state index contributed by atoms with van der Waals surface area (Å²) in [5.41, 5.74) is 1.38. The third-order valence-electron chi connectivity index (χ3n) is 1.45. The number of aliphatic imine (C=N–C) groups is 1. The molecule has 0 amide bonds. The Morgan fingerprint density at radius 1 is 1.70 bits per heavy atom. The van der Waals surface area contributed by atoms with Gasteiger partial charge in [0.05, 0.1) is 0 Å². The SMILES string of the molecule is CC(C)NCC1=CN=CC1. The molecule has 0 aromatic carbocycles. The van der Waals surface area contributed by atoms with Gasteiger partial charge in [-0.15, -0.1) is 0 Å². The highest BCUT2D eigenvalue weighted by Crippen LogP contribution is 2.04. The highest BCUT2D eigenvalue weighted by atomic mass is 14.9. The van der Waals surface area contributed by atoms with Gasteiger partial charge < -0.3 is 5.32 Å². The minimum absolute atomic E-state index is 0.571. The topological polar surface area (TPSA) is 24.4 Å².